The minimum absolute atomic E-state index is 0.00969. The number of aromatic amines is 2. The van der Waals surface area contributed by atoms with E-state index >= 15 is 8.78 Å². The van der Waals surface area contributed by atoms with Crippen LogP contribution in [0.3, 0.4) is 0 Å². The molecule has 0 aliphatic carbocycles. The van der Waals surface area contributed by atoms with Gasteiger partial charge in [-0.15, -0.1) is 5.10 Å². The number of hydrogen-bond acceptors (Lipinski definition) is 8. The molecular weight excluding hydrogens is 565 g/mol. The van der Waals surface area contributed by atoms with Gasteiger partial charge >= 0.3 is 0 Å². The Labute approximate surface area is 221 Å². The molecule has 5 aromatic rings. The molecule has 200 valence electrons. The number of fused-ring (bicyclic) bond motifs is 1. The van der Waals surface area contributed by atoms with Crippen molar-refractivity contribution >= 4 is 49.9 Å². The number of methoxy groups -OCH3 is 1. The van der Waals surface area contributed by atoms with Crippen molar-refractivity contribution in [2.75, 3.05) is 17.1 Å². The number of hydrogen-bond donors (Lipinski definition) is 4. The lowest BCUT2D eigenvalue weighted by atomic mass is 10.0. The largest absolute Gasteiger partial charge is 0.480 e. The topological polar surface area (TPSA) is 168 Å². The molecule has 3 heterocycles. The Morgan fingerprint density at radius 2 is 1.87 bits per heavy atom. The number of aromatic nitrogens is 6. The molecule has 4 N–H and O–H groups in total. The van der Waals surface area contributed by atoms with Crippen molar-refractivity contribution in [2.45, 2.75) is 4.90 Å². The maximum Gasteiger partial charge on any atom is 0.275 e. The molecule has 3 aromatic heterocycles. The zero-order chi connectivity index (χ0) is 27.9. The van der Waals surface area contributed by atoms with Gasteiger partial charge in [0.1, 0.15) is 17.0 Å². The lowest BCUT2D eigenvalue weighted by Crippen LogP contribution is -2.16. The smallest absolute Gasteiger partial charge is 0.275 e. The van der Waals surface area contributed by atoms with Gasteiger partial charge in [-0.1, -0.05) is 17.7 Å². The molecule has 1 amide bonds. The van der Waals surface area contributed by atoms with Crippen LogP contribution in [0.1, 0.15) is 10.5 Å². The molecule has 12 nitrogen and oxygen atoms in total. The third-order valence-electron chi connectivity index (χ3n) is 5.42. The summed E-state index contributed by atoms with van der Waals surface area (Å²) >= 11 is 5.85. The van der Waals surface area contributed by atoms with Gasteiger partial charge < -0.3 is 10.1 Å². The summed E-state index contributed by atoms with van der Waals surface area (Å²) in [6.07, 6.45) is 2.38. The van der Waals surface area contributed by atoms with E-state index in [-0.39, 0.29) is 27.8 Å². The van der Waals surface area contributed by atoms with Crippen LogP contribution in [0.15, 0.2) is 47.6 Å². The van der Waals surface area contributed by atoms with Gasteiger partial charge in [0, 0.05) is 17.1 Å². The quantitative estimate of drug-likeness (QED) is 0.226. The Hall–Kier alpha value is -4.70. The van der Waals surface area contributed by atoms with Crippen LogP contribution in [0, 0.1) is 17.5 Å². The number of amides is 1. The summed E-state index contributed by atoms with van der Waals surface area (Å²) in [5.74, 6) is -4.72. The highest BCUT2D eigenvalue weighted by atomic mass is 35.5. The van der Waals surface area contributed by atoms with Crippen molar-refractivity contribution in [3.8, 4) is 17.0 Å². The Bertz CT molecular complexity index is 1850. The first-order chi connectivity index (χ1) is 18.6. The number of H-pyrrole nitrogens is 2. The zero-order valence-corrected chi connectivity index (χ0v) is 21.0. The molecule has 2 aromatic carbocycles. The molecule has 0 atom stereocenters. The van der Waals surface area contributed by atoms with E-state index in [0.717, 1.165) is 30.5 Å². The van der Waals surface area contributed by atoms with Crippen LogP contribution < -0.4 is 14.8 Å². The number of sulfonamides is 1. The predicted molar refractivity (Wildman–Crippen MR) is 132 cm³/mol. The summed E-state index contributed by atoms with van der Waals surface area (Å²) in [5, 5.41) is 18.1. The third kappa shape index (κ3) is 4.70. The first kappa shape index (κ1) is 25.9. The summed E-state index contributed by atoms with van der Waals surface area (Å²) in [4.78, 5) is 15.8. The number of nitrogens with one attached hydrogen (secondary N) is 4. The zero-order valence-electron chi connectivity index (χ0n) is 19.4. The van der Waals surface area contributed by atoms with Gasteiger partial charge in [0.2, 0.25) is 5.88 Å². The van der Waals surface area contributed by atoms with E-state index < -0.39 is 60.6 Å². The van der Waals surface area contributed by atoms with Crippen LogP contribution in [-0.2, 0) is 10.0 Å². The first-order valence-corrected chi connectivity index (χ1v) is 12.5. The minimum atomic E-state index is -4.54. The fourth-order valence-electron chi connectivity index (χ4n) is 3.69. The maximum atomic E-state index is 15.5. The fourth-order valence-corrected chi connectivity index (χ4v) is 5.11. The number of halogens is 4. The molecule has 0 radical (unpaired) electrons. The number of carbonyl (C=O) groups excluding carboxylic acids is 1. The molecule has 0 aliphatic rings. The lowest BCUT2D eigenvalue weighted by molar-refractivity contribution is 0.102. The van der Waals surface area contributed by atoms with Gasteiger partial charge in [0.25, 0.3) is 15.9 Å². The second kappa shape index (κ2) is 9.88. The van der Waals surface area contributed by atoms with E-state index in [2.05, 4.69) is 35.9 Å². The average Bonchev–Trinajstić information content (AvgIpc) is 3.57. The molecular formula is C22H14ClF3N8O4S. The highest BCUT2D eigenvalue weighted by molar-refractivity contribution is 7.92. The van der Waals surface area contributed by atoms with E-state index in [0.29, 0.717) is 0 Å². The number of carbonyl (C=O) groups is 1. The second-order valence-electron chi connectivity index (χ2n) is 7.78. The van der Waals surface area contributed by atoms with Gasteiger partial charge in [0.05, 0.1) is 29.6 Å². The van der Waals surface area contributed by atoms with E-state index in [1.165, 1.54) is 19.4 Å². The Morgan fingerprint density at radius 1 is 1.08 bits per heavy atom. The number of benzene rings is 2. The summed E-state index contributed by atoms with van der Waals surface area (Å²) in [7, 11) is -3.37. The van der Waals surface area contributed by atoms with Crippen molar-refractivity contribution in [3.05, 3.63) is 70.9 Å². The molecule has 0 bridgehead atoms. The fraction of sp³-hybridized carbons (Fsp3) is 0.0455. The monoisotopic (exact) mass is 578 g/mol. The molecule has 39 heavy (non-hydrogen) atoms. The number of ether oxygens (including phenoxy) is 1. The van der Waals surface area contributed by atoms with Crippen molar-refractivity contribution in [1.29, 1.82) is 0 Å². The van der Waals surface area contributed by atoms with Crippen LogP contribution in [0.4, 0.5) is 24.7 Å². The van der Waals surface area contributed by atoms with Crippen molar-refractivity contribution in [3.63, 3.8) is 0 Å². The number of anilines is 2. The molecule has 0 saturated heterocycles. The standard InChI is InChI=1S/C22H14ClF3N8O4S/c1-38-22-14(6-9(23)7-27-22)39(36,37)33-13-5-4-12(24)16(18(13)26)10-2-3-11-19(17(10)25)31-32-20(11)21(35)29-15-8-28-34-30-15/h2-8,33H,1H3,(H,31,32)(H2,28,29,30,34,35). The highest BCUT2D eigenvalue weighted by Gasteiger charge is 2.27. The Balaban J connectivity index is 1.54. The van der Waals surface area contributed by atoms with E-state index in [4.69, 9.17) is 16.3 Å². The summed E-state index contributed by atoms with van der Waals surface area (Å²) in [6, 6.07) is 4.87. The van der Waals surface area contributed by atoms with Gasteiger partial charge in [-0.05, 0) is 24.3 Å². The molecule has 5 rings (SSSR count). The van der Waals surface area contributed by atoms with Crippen LogP contribution >= 0.6 is 11.6 Å². The minimum Gasteiger partial charge on any atom is -0.480 e. The molecule has 0 saturated carbocycles. The predicted octanol–water partition coefficient (Wildman–Crippen LogP) is 3.88. The molecule has 17 heteroatoms. The third-order valence-corrected chi connectivity index (χ3v) is 6.99. The lowest BCUT2D eigenvalue weighted by Gasteiger charge is -2.14. The van der Waals surface area contributed by atoms with Crippen LogP contribution in [-0.4, -0.2) is 52.0 Å². The second-order valence-corrected chi connectivity index (χ2v) is 9.87. The molecule has 0 unspecified atom stereocenters. The number of pyridine rings is 1. The van der Waals surface area contributed by atoms with E-state index in [1.54, 1.807) is 0 Å². The maximum absolute atomic E-state index is 15.5. The average molecular weight is 579 g/mol. The van der Waals surface area contributed by atoms with Gasteiger partial charge in [-0.25, -0.2) is 26.6 Å². The Morgan fingerprint density at radius 3 is 2.59 bits per heavy atom. The summed E-state index contributed by atoms with van der Waals surface area (Å²) in [6.45, 7) is 0. The molecule has 0 fully saturated rings. The summed E-state index contributed by atoms with van der Waals surface area (Å²) < 4.78 is 78.7. The molecule has 0 spiro atoms. The summed E-state index contributed by atoms with van der Waals surface area (Å²) in [5.41, 5.74) is -2.68. The van der Waals surface area contributed by atoms with Crippen LogP contribution in [0.5, 0.6) is 5.88 Å². The molecule has 0 aliphatic heterocycles. The van der Waals surface area contributed by atoms with Crippen molar-refractivity contribution < 1.29 is 31.1 Å². The Kier molecular flexibility index (Phi) is 6.57. The van der Waals surface area contributed by atoms with Crippen LogP contribution in [0.2, 0.25) is 5.02 Å². The van der Waals surface area contributed by atoms with E-state index in [9.17, 15) is 17.6 Å². The first-order valence-electron chi connectivity index (χ1n) is 10.6. The van der Waals surface area contributed by atoms with Gasteiger partial charge in [-0.3, -0.25) is 14.6 Å². The van der Waals surface area contributed by atoms with Crippen LogP contribution in [0.25, 0.3) is 22.0 Å². The number of rotatable bonds is 7. The normalized spacial score (nSPS) is 11.5. The highest BCUT2D eigenvalue weighted by Crippen LogP contribution is 2.36. The van der Waals surface area contributed by atoms with E-state index in [1.807, 2.05) is 4.72 Å². The van der Waals surface area contributed by atoms with Crippen molar-refractivity contribution in [1.82, 2.24) is 30.6 Å². The van der Waals surface area contributed by atoms with Gasteiger partial charge in [0.15, 0.2) is 22.3 Å². The number of nitrogens with zero attached hydrogens (tertiary/aromatic N) is 4. The SMILES string of the molecule is COc1ncc(Cl)cc1S(=O)(=O)Nc1ccc(F)c(-c2ccc3c(C(=O)Nc4cn[nH]n4)[nH]nc3c2F)c1F. The van der Waals surface area contributed by atoms with Gasteiger partial charge in [-0.2, -0.15) is 15.4 Å². The van der Waals surface area contributed by atoms with Crippen molar-refractivity contribution in [2.24, 2.45) is 0 Å².